The zero-order valence-electron chi connectivity index (χ0n) is 16.1. The van der Waals surface area contributed by atoms with E-state index in [9.17, 15) is 19.5 Å². The van der Waals surface area contributed by atoms with Crippen molar-refractivity contribution in [3.8, 4) is 5.75 Å². The van der Waals surface area contributed by atoms with Gasteiger partial charge in [0.15, 0.2) is 5.78 Å². The summed E-state index contributed by atoms with van der Waals surface area (Å²) in [7, 11) is 1.52. The fourth-order valence-electron chi connectivity index (χ4n) is 3.71. The number of benzene rings is 1. The molecule has 1 aliphatic carbocycles. The van der Waals surface area contributed by atoms with Gasteiger partial charge in [0.25, 0.3) is 0 Å². The number of Topliss-reactive ketones (excluding diaryl/α,β-unsaturated/α-hetero) is 1. The van der Waals surface area contributed by atoms with Gasteiger partial charge in [-0.25, -0.2) is 0 Å². The van der Waals surface area contributed by atoms with Crippen LogP contribution in [-0.4, -0.2) is 48.8 Å². The Bertz CT molecular complexity index is 693. The normalized spacial score (nSPS) is 27.7. The van der Waals surface area contributed by atoms with Gasteiger partial charge in [-0.15, -0.1) is 0 Å². The van der Waals surface area contributed by atoms with Gasteiger partial charge in [-0.3, -0.25) is 14.4 Å². The third-order valence-electron chi connectivity index (χ3n) is 4.85. The summed E-state index contributed by atoms with van der Waals surface area (Å²) in [6, 6.07) is 6.70. The standard InChI is InChI=1S/C20H26O7/c1-5-26-18(22)16-14(21)11-20(3,24)17(19(23)27-6-2)15(16)12-7-9-13(25-4)10-8-12/h7-10,15-17,24H,5-6,11H2,1-4H3/t15-,16-,17+,20-/m0/s1. The first kappa shape index (κ1) is 20.9. The quantitative estimate of drug-likeness (QED) is 0.596. The van der Waals surface area contributed by atoms with Crippen LogP contribution in [0.5, 0.6) is 5.75 Å². The minimum absolute atomic E-state index is 0.110. The molecule has 7 heteroatoms. The number of methoxy groups -OCH3 is 1. The number of rotatable bonds is 6. The predicted molar refractivity (Wildman–Crippen MR) is 96.2 cm³/mol. The number of esters is 2. The summed E-state index contributed by atoms with van der Waals surface area (Å²) >= 11 is 0. The van der Waals surface area contributed by atoms with Crippen molar-refractivity contribution in [1.29, 1.82) is 0 Å². The van der Waals surface area contributed by atoms with E-state index in [4.69, 9.17) is 14.2 Å². The highest BCUT2D eigenvalue weighted by atomic mass is 16.5. The SMILES string of the molecule is CCOC(=O)[C@H]1C(=O)C[C@](C)(O)[C@@H](C(=O)OCC)[C@H]1c1ccc(OC)cc1. The van der Waals surface area contributed by atoms with E-state index < -0.39 is 41.1 Å². The van der Waals surface area contributed by atoms with Crippen molar-refractivity contribution in [2.45, 2.75) is 38.7 Å². The molecule has 1 aromatic rings. The maximum Gasteiger partial charge on any atom is 0.317 e. The third kappa shape index (κ3) is 4.30. The van der Waals surface area contributed by atoms with E-state index in [-0.39, 0.29) is 19.6 Å². The average Bonchev–Trinajstić information content (AvgIpc) is 2.60. The van der Waals surface area contributed by atoms with Crippen molar-refractivity contribution in [2.75, 3.05) is 20.3 Å². The molecule has 0 saturated heterocycles. The zero-order valence-corrected chi connectivity index (χ0v) is 16.1. The molecule has 2 rings (SSSR count). The van der Waals surface area contributed by atoms with Crippen molar-refractivity contribution in [1.82, 2.24) is 0 Å². The molecule has 0 bridgehead atoms. The Morgan fingerprint density at radius 1 is 1.11 bits per heavy atom. The Labute approximate surface area is 158 Å². The highest BCUT2D eigenvalue weighted by molar-refractivity contribution is 6.02. The molecule has 1 N–H and O–H groups in total. The lowest BCUT2D eigenvalue weighted by Crippen LogP contribution is -2.55. The van der Waals surface area contributed by atoms with Crippen LogP contribution in [0.25, 0.3) is 0 Å². The summed E-state index contributed by atoms with van der Waals surface area (Å²) < 4.78 is 15.4. The van der Waals surface area contributed by atoms with E-state index >= 15 is 0 Å². The minimum atomic E-state index is -1.64. The second kappa shape index (κ2) is 8.52. The number of ketones is 1. The fraction of sp³-hybridized carbons (Fsp3) is 0.550. The summed E-state index contributed by atoms with van der Waals surface area (Å²) in [5.41, 5.74) is -1.09. The van der Waals surface area contributed by atoms with Crippen molar-refractivity contribution in [2.24, 2.45) is 11.8 Å². The van der Waals surface area contributed by atoms with Crippen LogP contribution in [-0.2, 0) is 23.9 Å². The molecule has 27 heavy (non-hydrogen) atoms. The largest absolute Gasteiger partial charge is 0.497 e. The third-order valence-corrected chi connectivity index (χ3v) is 4.85. The Hall–Kier alpha value is -2.41. The van der Waals surface area contributed by atoms with Crippen LogP contribution in [0.4, 0.5) is 0 Å². The van der Waals surface area contributed by atoms with Crippen LogP contribution in [0, 0.1) is 11.8 Å². The lowest BCUT2D eigenvalue weighted by molar-refractivity contribution is -0.172. The maximum atomic E-state index is 12.7. The van der Waals surface area contributed by atoms with Crippen LogP contribution in [0.2, 0.25) is 0 Å². The van der Waals surface area contributed by atoms with Gasteiger partial charge >= 0.3 is 11.9 Å². The Morgan fingerprint density at radius 2 is 1.67 bits per heavy atom. The molecule has 0 heterocycles. The molecule has 1 aliphatic rings. The van der Waals surface area contributed by atoms with E-state index in [0.29, 0.717) is 11.3 Å². The highest BCUT2D eigenvalue weighted by Gasteiger charge is 2.57. The second-order valence-corrected chi connectivity index (χ2v) is 6.76. The van der Waals surface area contributed by atoms with Gasteiger partial charge in [-0.2, -0.15) is 0 Å². The molecule has 0 spiro atoms. The monoisotopic (exact) mass is 378 g/mol. The number of aliphatic hydroxyl groups is 1. The molecule has 4 atom stereocenters. The molecule has 1 aromatic carbocycles. The van der Waals surface area contributed by atoms with Gasteiger partial charge in [0.2, 0.25) is 0 Å². The number of carbonyl (C=O) groups excluding carboxylic acids is 3. The van der Waals surface area contributed by atoms with Gasteiger partial charge in [0.1, 0.15) is 11.7 Å². The summed E-state index contributed by atoms with van der Waals surface area (Å²) in [6.07, 6.45) is -0.327. The Balaban J connectivity index is 2.59. The van der Waals surface area contributed by atoms with Gasteiger partial charge < -0.3 is 19.3 Å². The number of ether oxygens (including phenoxy) is 3. The first-order valence-electron chi connectivity index (χ1n) is 8.99. The van der Waals surface area contributed by atoms with Crippen LogP contribution < -0.4 is 4.74 Å². The van der Waals surface area contributed by atoms with E-state index in [1.807, 2.05) is 0 Å². The first-order chi connectivity index (χ1) is 12.8. The molecule has 1 saturated carbocycles. The molecular formula is C20H26O7. The van der Waals surface area contributed by atoms with Crippen molar-refractivity contribution >= 4 is 17.7 Å². The molecule has 1 fully saturated rings. The molecule has 148 valence electrons. The van der Waals surface area contributed by atoms with Gasteiger partial charge in [-0.05, 0) is 38.5 Å². The molecular weight excluding hydrogens is 352 g/mol. The van der Waals surface area contributed by atoms with E-state index in [2.05, 4.69) is 0 Å². The first-order valence-corrected chi connectivity index (χ1v) is 8.99. The smallest absolute Gasteiger partial charge is 0.317 e. The number of hydrogen-bond donors (Lipinski definition) is 1. The topological polar surface area (TPSA) is 99.1 Å². The number of carbonyl (C=O) groups is 3. The van der Waals surface area contributed by atoms with Gasteiger partial charge in [0.05, 0.1) is 31.8 Å². The van der Waals surface area contributed by atoms with Crippen molar-refractivity contribution in [3.63, 3.8) is 0 Å². The van der Waals surface area contributed by atoms with Crippen LogP contribution >= 0.6 is 0 Å². The van der Waals surface area contributed by atoms with Crippen LogP contribution in [0.1, 0.15) is 38.7 Å². The van der Waals surface area contributed by atoms with Gasteiger partial charge in [-0.1, -0.05) is 12.1 Å². The van der Waals surface area contributed by atoms with E-state index in [0.717, 1.165) is 0 Å². The van der Waals surface area contributed by atoms with Crippen LogP contribution in [0.15, 0.2) is 24.3 Å². The highest BCUT2D eigenvalue weighted by Crippen LogP contribution is 2.46. The second-order valence-electron chi connectivity index (χ2n) is 6.76. The Morgan fingerprint density at radius 3 is 2.19 bits per heavy atom. The van der Waals surface area contributed by atoms with E-state index in [1.54, 1.807) is 38.1 Å². The van der Waals surface area contributed by atoms with Crippen molar-refractivity contribution < 1.29 is 33.7 Å². The lowest BCUT2D eigenvalue weighted by atomic mass is 9.61. The zero-order chi connectivity index (χ0) is 20.2. The molecule has 0 aliphatic heterocycles. The molecule has 0 amide bonds. The average molecular weight is 378 g/mol. The number of hydrogen-bond acceptors (Lipinski definition) is 7. The molecule has 7 nitrogen and oxygen atoms in total. The maximum absolute atomic E-state index is 12.7. The lowest BCUT2D eigenvalue weighted by Gasteiger charge is -2.43. The summed E-state index contributed by atoms with van der Waals surface area (Å²) in [6.45, 7) is 4.96. The summed E-state index contributed by atoms with van der Waals surface area (Å²) in [5.74, 6) is -4.39. The summed E-state index contributed by atoms with van der Waals surface area (Å²) in [4.78, 5) is 38.0. The predicted octanol–water partition coefficient (Wildman–Crippen LogP) is 1.86. The Kier molecular flexibility index (Phi) is 6.59. The molecule has 0 unspecified atom stereocenters. The van der Waals surface area contributed by atoms with E-state index in [1.165, 1.54) is 14.0 Å². The van der Waals surface area contributed by atoms with Crippen molar-refractivity contribution in [3.05, 3.63) is 29.8 Å². The minimum Gasteiger partial charge on any atom is -0.497 e. The fourth-order valence-corrected chi connectivity index (χ4v) is 3.71. The van der Waals surface area contributed by atoms with Gasteiger partial charge in [0, 0.05) is 12.3 Å². The molecule has 0 radical (unpaired) electrons. The molecule has 0 aromatic heterocycles. The van der Waals surface area contributed by atoms with Crippen LogP contribution in [0.3, 0.4) is 0 Å². The summed E-state index contributed by atoms with van der Waals surface area (Å²) in [5, 5.41) is 10.9.